The lowest BCUT2D eigenvalue weighted by Gasteiger charge is -2.18. The van der Waals surface area contributed by atoms with Crippen LogP contribution in [0.15, 0.2) is 53.9 Å². The molecule has 1 aromatic heterocycles. The molecule has 0 saturated carbocycles. The zero-order chi connectivity index (χ0) is 23.3. The van der Waals surface area contributed by atoms with Crippen molar-refractivity contribution in [3.05, 3.63) is 71.2 Å². The Morgan fingerprint density at radius 3 is 2.47 bits per heavy atom. The van der Waals surface area contributed by atoms with E-state index in [2.05, 4.69) is 15.6 Å². The Kier molecular flexibility index (Phi) is 7.06. The fraction of sp³-hybridized carbons (Fsp3) is 0.0909. The van der Waals surface area contributed by atoms with E-state index >= 15 is 0 Å². The van der Waals surface area contributed by atoms with Crippen molar-refractivity contribution in [1.29, 1.82) is 0 Å². The lowest BCUT2D eigenvalue weighted by molar-refractivity contribution is -0.116. The summed E-state index contributed by atoms with van der Waals surface area (Å²) in [4.78, 5) is 40.8. The molecule has 0 unspecified atom stereocenters. The van der Waals surface area contributed by atoms with Gasteiger partial charge in [-0.1, -0.05) is 12.1 Å². The molecule has 0 fully saturated rings. The number of benzene rings is 2. The highest BCUT2D eigenvalue weighted by Gasteiger charge is 2.20. The molecule has 3 amide bonds. The number of para-hydroxylation sites is 1. The molecule has 32 heavy (non-hydrogen) atoms. The van der Waals surface area contributed by atoms with Gasteiger partial charge in [-0.05, 0) is 36.4 Å². The van der Waals surface area contributed by atoms with E-state index in [-0.39, 0.29) is 22.4 Å². The lowest BCUT2D eigenvalue weighted by atomic mass is 10.2. The Hall–Kier alpha value is -3.92. The van der Waals surface area contributed by atoms with Gasteiger partial charge in [0, 0.05) is 31.0 Å². The molecule has 7 nitrogen and oxygen atoms in total. The van der Waals surface area contributed by atoms with Gasteiger partial charge >= 0.3 is 0 Å². The van der Waals surface area contributed by atoms with Crippen LogP contribution in [0.25, 0.3) is 6.08 Å². The van der Waals surface area contributed by atoms with E-state index in [1.54, 1.807) is 11.4 Å². The summed E-state index contributed by atoms with van der Waals surface area (Å²) in [5.74, 6) is -2.62. The van der Waals surface area contributed by atoms with E-state index in [0.29, 0.717) is 11.4 Å². The number of aromatic nitrogens is 1. The molecule has 2 aromatic carbocycles. The Balaban J connectivity index is 1.74. The quantitative estimate of drug-likeness (QED) is 0.526. The molecule has 0 saturated heterocycles. The van der Waals surface area contributed by atoms with Crippen molar-refractivity contribution in [1.82, 2.24) is 4.98 Å². The van der Waals surface area contributed by atoms with Crippen molar-refractivity contribution in [3.63, 3.8) is 0 Å². The third-order valence-corrected chi connectivity index (χ3v) is 4.90. The van der Waals surface area contributed by atoms with Crippen LogP contribution in [0, 0.1) is 11.6 Å². The van der Waals surface area contributed by atoms with E-state index in [9.17, 15) is 23.2 Å². The molecule has 164 valence electrons. The van der Waals surface area contributed by atoms with Crippen molar-refractivity contribution in [2.45, 2.75) is 13.8 Å². The molecular formula is C22H18F2N4O3S. The first-order valence-corrected chi connectivity index (χ1v) is 10.2. The van der Waals surface area contributed by atoms with Gasteiger partial charge in [0.1, 0.15) is 11.6 Å². The minimum absolute atomic E-state index is 0.0668. The van der Waals surface area contributed by atoms with Gasteiger partial charge < -0.3 is 10.6 Å². The molecule has 0 atom stereocenters. The van der Waals surface area contributed by atoms with Gasteiger partial charge in [0.25, 0.3) is 0 Å². The van der Waals surface area contributed by atoms with Gasteiger partial charge in [0.05, 0.1) is 17.1 Å². The highest BCUT2D eigenvalue weighted by Crippen LogP contribution is 2.31. The van der Waals surface area contributed by atoms with Crippen molar-refractivity contribution in [2.24, 2.45) is 0 Å². The zero-order valence-electron chi connectivity index (χ0n) is 17.1. The number of amides is 3. The monoisotopic (exact) mass is 456 g/mol. The van der Waals surface area contributed by atoms with Crippen LogP contribution in [0.1, 0.15) is 19.5 Å². The van der Waals surface area contributed by atoms with Gasteiger partial charge in [-0.25, -0.2) is 13.8 Å². The fourth-order valence-corrected chi connectivity index (χ4v) is 3.58. The number of carbonyl (C=O) groups is 3. The van der Waals surface area contributed by atoms with Crippen molar-refractivity contribution < 1.29 is 23.2 Å². The third kappa shape index (κ3) is 5.61. The molecule has 0 aliphatic carbocycles. The smallest absolute Gasteiger partial charge is 0.248 e. The Bertz CT molecular complexity index is 1210. The number of carbonyl (C=O) groups excluding carboxylic acids is 3. The maximum absolute atomic E-state index is 14.1. The number of anilines is 4. The maximum atomic E-state index is 14.1. The predicted molar refractivity (Wildman–Crippen MR) is 120 cm³/mol. The molecule has 0 spiro atoms. The van der Waals surface area contributed by atoms with E-state index < -0.39 is 23.4 Å². The number of nitrogens with zero attached hydrogens (tertiary/aromatic N) is 2. The zero-order valence-corrected chi connectivity index (χ0v) is 17.9. The van der Waals surface area contributed by atoms with E-state index in [0.717, 1.165) is 28.4 Å². The highest BCUT2D eigenvalue weighted by molar-refractivity contribution is 7.14. The average Bonchev–Trinajstić information content (AvgIpc) is 3.18. The topological polar surface area (TPSA) is 91.4 Å². The molecule has 1 heterocycles. The summed E-state index contributed by atoms with van der Waals surface area (Å²) in [5, 5.41) is 6.71. The molecule has 10 heteroatoms. The van der Waals surface area contributed by atoms with Crippen LogP contribution in [0.3, 0.4) is 0 Å². The van der Waals surface area contributed by atoms with Crippen LogP contribution in [0.5, 0.6) is 0 Å². The maximum Gasteiger partial charge on any atom is 0.248 e. The number of halogens is 2. The predicted octanol–water partition coefficient (Wildman–Crippen LogP) is 4.72. The van der Waals surface area contributed by atoms with Crippen LogP contribution in [0.4, 0.5) is 31.0 Å². The molecule has 0 aliphatic heterocycles. The second-order valence-electron chi connectivity index (χ2n) is 6.56. The summed E-state index contributed by atoms with van der Waals surface area (Å²) in [6, 6.07) is 9.61. The first-order chi connectivity index (χ1) is 15.2. The highest BCUT2D eigenvalue weighted by atomic mass is 32.1. The minimum Gasteiger partial charge on any atom is -0.326 e. The van der Waals surface area contributed by atoms with Crippen molar-refractivity contribution >= 4 is 57.3 Å². The van der Waals surface area contributed by atoms with Crippen LogP contribution in [-0.4, -0.2) is 22.7 Å². The largest absolute Gasteiger partial charge is 0.326 e. The summed E-state index contributed by atoms with van der Waals surface area (Å²) in [6.07, 6.45) is 2.52. The van der Waals surface area contributed by atoms with Gasteiger partial charge in [-0.3, -0.25) is 19.3 Å². The van der Waals surface area contributed by atoms with Crippen LogP contribution in [0.2, 0.25) is 0 Å². The summed E-state index contributed by atoms with van der Waals surface area (Å²) in [5.41, 5.74) is 0.652. The number of nitrogens with one attached hydrogen (secondary N) is 2. The van der Waals surface area contributed by atoms with E-state index in [1.165, 1.54) is 50.3 Å². The Morgan fingerprint density at radius 2 is 1.78 bits per heavy atom. The third-order valence-electron chi connectivity index (χ3n) is 4.06. The second kappa shape index (κ2) is 9.92. The van der Waals surface area contributed by atoms with Gasteiger partial charge in [0.15, 0.2) is 5.13 Å². The molecule has 0 radical (unpaired) electrons. The SMILES string of the molecule is CC(=O)Nc1ccc(F)c(NC(=O)/C=C/c2csc(N(C(C)=O)c3ccccc3F)n2)c1. The minimum atomic E-state index is -0.668. The van der Waals surface area contributed by atoms with Gasteiger partial charge in [-0.15, -0.1) is 11.3 Å². The second-order valence-corrected chi connectivity index (χ2v) is 7.40. The Morgan fingerprint density at radius 1 is 1.03 bits per heavy atom. The van der Waals surface area contributed by atoms with Gasteiger partial charge in [0.2, 0.25) is 17.7 Å². The summed E-state index contributed by atoms with van der Waals surface area (Å²) in [6.45, 7) is 2.60. The molecular weight excluding hydrogens is 438 g/mol. The van der Waals surface area contributed by atoms with E-state index in [1.807, 2.05) is 0 Å². The van der Waals surface area contributed by atoms with Crippen molar-refractivity contribution in [3.8, 4) is 0 Å². The standard InChI is InChI=1S/C22H18F2N4O3S/c1-13(29)25-15-7-9-17(23)19(11-15)27-21(31)10-8-16-12-32-22(26-16)28(14(2)30)20-6-4-3-5-18(20)24/h3-12H,1-2H3,(H,25,29)(H,27,31)/b10-8+. The summed E-state index contributed by atoms with van der Waals surface area (Å²) in [7, 11) is 0. The number of rotatable bonds is 6. The molecule has 0 bridgehead atoms. The lowest BCUT2D eigenvalue weighted by Crippen LogP contribution is -2.23. The number of hydrogen-bond acceptors (Lipinski definition) is 5. The van der Waals surface area contributed by atoms with E-state index in [4.69, 9.17) is 0 Å². The fourth-order valence-electron chi connectivity index (χ4n) is 2.73. The molecule has 2 N–H and O–H groups in total. The average molecular weight is 456 g/mol. The molecule has 3 rings (SSSR count). The Labute approximate surface area is 186 Å². The molecule has 0 aliphatic rings. The summed E-state index contributed by atoms with van der Waals surface area (Å²) < 4.78 is 28.1. The van der Waals surface area contributed by atoms with Crippen molar-refractivity contribution in [2.75, 3.05) is 15.5 Å². The van der Waals surface area contributed by atoms with Crippen LogP contribution in [-0.2, 0) is 14.4 Å². The first kappa shape index (κ1) is 22.8. The number of hydrogen-bond donors (Lipinski definition) is 2. The van der Waals surface area contributed by atoms with Crippen LogP contribution >= 0.6 is 11.3 Å². The summed E-state index contributed by atoms with van der Waals surface area (Å²) >= 11 is 1.10. The van der Waals surface area contributed by atoms with Crippen LogP contribution < -0.4 is 15.5 Å². The molecule has 3 aromatic rings. The van der Waals surface area contributed by atoms with Gasteiger partial charge in [-0.2, -0.15) is 0 Å². The normalized spacial score (nSPS) is 10.8. The first-order valence-electron chi connectivity index (χ1n) is 9.31. The number of thiazole rings is 1.